The van der Waals surface area contributed by atoms with Crippen LogP contribution in [0.2, 0.25) is 0 Å². The molecular formula is C72H136N2O7P+. The molecule has 3 unspecified atom stereocenters. The van der Waals surface area contributed by atoms with E-state index in [-0.39, 0.29) is 25.1 Å². The van der Waals surface area contributed by atoms with Crippen molar-refractivity contribution >= 4 is 19.7 Å². The van der Waals surface area contributed by atoms with Crippen molar-refractivity contribution in [2.75, 3.05) is 40.9 Å². The highest BCUT2D eigenvalue weighted by molar-refractivity contribution is 7.47. The van der Waals surface area contributed by atoms with Gasteiger partial charge >= 0.3 is 13.8 Å². The van der Waals surface area contributed by atoms with Crippen LogP contribution < -0.4 is 5.32 Å². The number of esters is 1. The van der Waals surface area contributed by atoms with Gasteiger partial charge in [-0.05, 0) is 89.5 Å². The Labute approximate surface area is 509 Å². The molecule has 480 valence electrons. The third-order valence-corrected chi connectivity index (χ3v) is 16.7. The summed E-state index contributed by atoms with van der Waals surface area (Å²) in [6.07, 6.45) is 79.5. The topological polar surface area (TPSA) is 111 Å². The summed E-state index contributed by atoms with van der Waals surface area (Å²) < 4.78 is 30.8. The average Bonchev–Trinajstić information content (AvgIpc) is 3.45. The number of phosphoric acid groups is 1. The van der Waals surface area contributed by atoms with Crippen LogP contribution in [-0.2, 0) is 27.9 Å². The highest BCUT2D eigenvalue weighted by Crippen LogP contribution is 2.43. The molecule has 1 amide bonds. The number of nitrogens with zero attached hydrogens (tertiary/aromatic N) is 1. The van der Waals surface area contributed by atoms with E-state index in [1.807, 2.05) is 33.3 Å². The molecule has 0 radical (unpaired) electrons. The number of hydrogen-bond acceptors (Lipinski definition) is 6. The minimum Gasteiger partial charge on any atom is -0.456 e. The molecule has 0 aliphatic rings. The third-order valence-electron chi connectivity index (χ3n) is 15.7. The van der Waals surface area contributed by atoms with Gasteiger partial charge in [0.2, 0.25) is 5.91 Å². The average molecular weight is 1170 g/mol. The molecule has 3 atom stereocenters. The number of rotatable bonds is 64. The second kappa shape index (κ2) is 61.8. The van der Waals surface area contributed by atoms with Crippen LogP contribution in [0.15, 0.2) is 60.8 Å². The predicted octanol–water partition coefficient (Wildman–Crippen LogP) is 22.2. The lowest BCUT2D eigenvalue weighted by atomic mass is 10.0. The molecular weight excluding hydrogens is 1040 g/mol. The fourth-order valence-corrected chi connectivity index (χ4v) is 11.0. The maximum Gasteiger partial charge on any atom is 0.472 e. The third kappa shape index (κ3) is 62.2. The van der Waals surface area contributed by atoms with Crippen molar-refractivity contribution in [1.29, 1.82) is 0 Å². The SMILES string of the molecule is CC/C=C/C/C=C/C/C=C/CCCCCCCCC(=O)NC(COP(=O)(O)OCC[N+](C)(C)C)C(/C=C\CCCCCCCCCCCCC)OC(=O)CCCCCCCCCCCCCCCCCCC/C=C/CCCCCCCC. The van der Waals surface area contributed by atoms with Crippen LogP contribution >= 0.6 is 7.82 Å². The molecule has 0 fully saturated rings. The van der Waals surface area contributed by atoms with Gasteiger partial charge < -0.3 is 19.4 Å². The minimum atomic E-state index is -4.46. The van der Waals surface area contributed by atoms with Crippen molar-refractivity contribution in [2.24, 2.45) is 0 Å². The smallest absolute Gasteiger partial charge is 0.456 e. The van der Waals surface area contributed by atoms with Gasteiger partial charge in [-0.25, -0.2) is 4.57 Å². The number of allylic oxidation sites excluding steroid dienone is 9. The van der Waals surface area contributed by atoms with Crippen molar-refractivity contribution in [3.8, 4) is 0 Å². The molecule has 0 saturated heterocycles. The summed E-state index contributed by atoms with van der Waals surface area (Å²) in [7, 11) is 1.49. The van der Waals surface area contributed by atoms with Gasteiger partial charge in [0.05, 0.1) is 33.8 Å². The number of carbonyl (C=O) groups is 2. The van der Waals surface area contributed by atoms with Crippen LogP contribution in [0.5, 0.6) is 0 Å². The number of ether oxygens (including phenoxy) is 1. The van der Waals surface area contributed by atoms with Gasteiger partial charge in [-0.3, -0.25) is 18.6 Å². The van der Waals surface area contributed by atoms with E-state index >= 15 is 0 Å². The molecule has 0 aliphatic carbocycles. The Morgan fingerprint density at radius 1 is 0.439 bits per heavy atom. The van der Waals surface area contributed by atoms with Gasteiger partial charge in [0, 0.05) is 12.8 Å². The molecule has 0 bridgehead atoms. The first-order valence-electron chi connectivity index (χ1n) is 35.1. The number of hydrogen-bond donors (Lipinski definition) is 2. The molecule has 82 heavy (non-hydrogen) atoms. The Kier molecular flexibility index (Phi) is 60.1. The summed E-state index contributed by atoms with van der Waals surface area (Å²) in [5.41, 5.74) is 0. The highest BCUT2D eigenvalue weighted by atomic mass is 31.2. The maximum absolute atomic E-state index is 13.6. The highest BCUT2D eigenvalue weighted by Gasteiger charge is 2.30. The number of unbranched alkanes of at least 4 members (excludes halogenated alkanes) is 40. The number of amides is 1. The van der Waals surface area contributed by atoms with Gasteiger partial charge in [-0.1, -0.05) is 294 Å². The quantitative estimate of drug-likeness (QED) is 0.0205. The van der Waals surface area contributed by atoms with Crippen LogP contribution in [0.4, 0.5) is 0 Å². The van der Waals surface area contributed by atoms with Crippen LogP contribution in [-0.4, -0.2) is 74.3 Å². The van der Waals surface area contributed by atoms with Crippen molar-refractivity contribution in [2.45, 2.75) is 348 Å². The lowest BCUT2D eigenvalue weighted by molar-refractivity contribution is -0.870. The van der Waals surface area contributed by atoms with Gasteiger partial charge in [-0.15, -0.1) is 0 Å². The van der Waals surface area contributed by atoms with E-state index in [1.54, 1.807) is 0 Å². The molecule has 2 N–H and O–H groups in total. The summed E-state index contributed by atoms with van der Waals surface area (Å²) in [6, 6.07) is -0.856. The Morgan fingerprint density at radius 3 is 1.18 bits per heavy atom. The van der Waals surface area contributed by atoms with Crippen molar-refractivity contribution in [3.63, 3.8) is 0 Å². The largest absolute Gasteiger partial charge is 0.472 e. The molecule has 0 saturated carbocycles. The molecule has 0 aliphatic heterocycles. The summed E-state index contributed by atoms with van der Waals surface area (Å²) in [6.45, 7) is 6.93. The molecule has 0 heterocycles. The molecule has 0 rings (SSSR count). The molecule has 10 heteroatoms. The molecule has 0 aromatic rings. The number of quaternary nitrogens is 1. The van der Waals surface area contributed by atoms with E-state index < -0.39 is 20.0 Å². The summed E-state index contributed by atoms with van der Waals surface area (Å²) in [5.74, 6) is -0.508. The van der Waals surface area contributed by atoms with Gasteiger partial charge in [-0.2, -0.15) is 0 Å². The Balaban J connectivity index is 5.03. The minimum absolute atomic E-state index is 0.0375. The zero-order valence-corrected chi connectivity index (χ0v) is 55.9. The second-order valence-corrected chi connectivity index (χ2v) is 26.5. The second-order valence-electron chi connectivity index (χ2n) is 25.0. The summed E-state index contributed by atoms with van der Waals surface area (Å²) >= 11 is 0. The lowest BCUT2D eigenvalue weighted by Crippen LogP contribution is -2.47. The number of carbonyl (C=O) groups excluding carboxylic acids is 2. The molecule has 9 nitrogen and oxygen atoms in total. The fourth-order valence-electron chi connectivity index (χ4n) is 10.3. The van der Waals surface area contributed by atoms with Crippen molar-refractivity contribution < 1.29 is 37.3 Å². The van der Waals surface area contributed by atoms with Crippen molar-refractivity contribution in [3.05, 3.63) is 60.8 Å². The summed E-state index contributed by atoms with van der Waals surface area (Å²) in [4.78, 5) is 37.9. The lowest BCUT2D eigenvalue weighted by Gasteiger charge is -2.27. The van der Waals surface area contributed by atoms with Crippen LogP contribution in [0.25, 0.3) is 0 Å². The van der Waals surface area contributed by atoms with E-state index in [0.717, 1.165) is 89.9 Å². The Morgan fingerprint density at radius 2 is 0.780 bits per heavy atom. The van der Waals surface area contributed by atoms with Gasteiger partial charge in [0.1, 0.15) is 19.3 Å². The first-order valence-corrected chi connectivity index (χ1v) is 36.6. The number of phosphoric ester groups is 1. The molecule has 0 aromatic heterocycles. The number of likely N-dealkylation sites (N-methyl/N-ethyl adjacent to an activating group) is 1. The van der Waals surface area contributed by atoms with E-state index in [0.29, 0.717) is 23.9 Å². The van der Waals surface area contributed by atoms with Crippen LogP contribution in [0.3, 0.4) is 0 Å². The van der Waals surface area contributed by atoms with Crippen molar-refractivity contribution in [1.82, 2.24) is 5.32 Å². The monoisotopic (exact) mass is 1170 g/mol. The van der Waals surface area contributed by atoms with E-state index in [9.17, 15) is 19.0 Å². The van der Waals surface area contributed by atoms with Crippen LogP contribution in [0, 0.1) is 0 Å². The fraction of sp³-hybridized carbons (Fsp3) is 0.833. The summed E-state index contributed by atoms with van der Waals surface area (Å²) in [5, 5.41) is 3.06. The zero-order chi connectivity index (χ0) is 60.0. The maximum atomic E-state index is 13.6. The molecule has 0 spiro atoms. The van der Waals surface area contributed by atoms with E-state index in [4.69, 9.17) is 13.8 Å². The normalized spacial score (nSPS) is 13.9. The van der Waals surface area contributed by atoms with E-state index in [1.165, 1.54) is 212 Å². The van der Waals surface area contributed by atoms with Crippen LogP contribution in [0.1, 0.15) is 335 Å². The zero-order valence-electron chi connectivity index (χ0n) is 55.0. The first-order chi connectivity index (χ1) is 39.9. The first kappa shape index (κ1) is 79.7. The Bertz CT molecular complexity index is 1590. The van der Waals surface area contributed by atoms with Gasteiger partial charge in [0.15, 0.2) is 0 Å². The number of nitrogens with one attached hydrogen (secondary N) is 1. The van der Waals surface area contributed by atoms with E-state index in [2.05, 4.69) is 74.7 Å². The molecule has 0 aromatic carbocycles. The van der Waals surface area contributed by atoms with Gasteiger partial charge in [0.25, 0.3) is 0 Å². The predicted molar refractivity (Wildman–Crippen MR) is 355 cm³/mol. The Hall–Kier alpha value is -2.29. The standard InChI is InChI=1S/C72H135N2O7P/c1-7-10-13-16-19-22-25-28-30-32-33-34-35-36-37-38-39-40-41-42-44-47-50-53-56-59-62-65-72(76)81-70(63-60-57-54-51-48-45-27-24-21-18-15-12-9-3)69(68-80-82(77,78)79-67-66-74(4,5)6)73-71(75)64-61-58-55-52-49-46-43-31-29-26-23-20-17-14-11-8-2/h11,14,20,23,28-31,60,63,69-70H,7-10,12-13,15-19,21-22,24-27,32-59,61-62,64-68H2,1-6H3,(H-,73,75,77,78)/p+1/b14-11+,23-20+,30-28+,31-29+,63-60-.